The fraction of sp³-hybridized carbons (Fsp3) is 0.176. The van der Waals surface area contributed by atoms with Crippen molar-refractivity contribution < 1.29 is 9.90 Å². The summed E-state index contributed by atoms with van der Waals surface area (Å²) in [4.78, 5) is 13.0. The Morgan fingerprint density at radius 3 is 2.67 bits per heavy atom. The van der Waals surface area contributed by atoms with Crippen LogP contribution in [0.2, 0.25) is 0 Å². The summed E-state index contributed by atoms with van der Waals surface area (Å²) in [6.07, 6.45) is 0. The molecule has 0 saturated heterocycles. The van der Waals surface area contributed by atoms with Crippen LogP contribution in [0.5, 0.6) is 0 Å². The molecule has 2 rings (SSSR count). The van der Waals surface area contributed by atoms with Crippen LogP contribution < -0.4 is 4.90 Å². The summed E-state index contributed by atoms with van der Waals surface area (Å²) < 4.78 is 0. The van der Waals surface area contributed by atoms with Gasteiger partial charge in [0.15, 0.2) is 0 Å². The molecule has 21 heavy (non-hydrogen) atoms. The minimum Gasteiger partial charge on any atom is -0.478 e. The molecule has 0 aliphatic rings. The first kappa shape index (κ1) is 14.6. The number of carbonyl (C=O) groups is 1. The standard InChI is InChI=1S/C17H16N2O2/c1-12-8-15(17(20)21)6-7-16(12)19(2)11-14-5-3-4-13(9-14)10-18/h3-9H,11H2,1-2H3,(H,20,21). The van der Waals surface area contributed by atoms with Crippen LogP contribution in [0.3, 0.4) is 0 Å². The third kappa shape index (κ3) is 3.40. The first-order valence-corrected chi connectivity index (χ1v) is 6.55. The number of benzene rings is 2. The first-order valence-electron chi connectivity index (χ1n) is 6.55. The van der Waals surface area contributed by atoms with Crippen molar-refractivity contribution >= 4 is 11.7 Å². The van der Waals surface area contributed by atoms with Crippen molar-refractivity contribution in [2.45, 2.75) is 13.5 Å². The number of aromatic carboxylic acids is 1. The van der Waals surface area contributed by atoms with Gasteiger partial charge in [0.1, 0.15) is 0 Å². The van der Waals surface area contributed by atoms with E-state index in [9.17, 15) is 4.79 Å². The van der Waals surface area contributed by atoms with Crippen LogP contribution in [0.15, 0.2) is 42.5 Å². The van der Waals surface area contributed by atoms with Crippen LogP contribution in [0.4, 0.5) is 5.69 Å². The van der Waals surface area contributed by atoms with Crippen molar-refractivity contribution in [3.63, 3.8) is 0 Å². The maximum atomic E-state index is 11.0. The Balaban J connectivity index is 2.22. The van der Waals surface area contributed by atoms with Gasteiger partial charge in [-0.1, -0.05) is 12.1 Å². The van der Waals surface area contributed by atoms with Crippen LogP contribution in [0.1, 0.15) is 27.0 Å². The van der Waals surface area contributed by atoms with E-state index in [0.29, 0.717) is 12.1 Å². The highest BCUT2D eigenvalue weighted by molar-refractivity contribution is 5.88. The van der Waals surface area contributed by atoms with Crippen molar-refractivity contribution in [3.8, 4) is 6.07 Å². The van der Waals surface area contributed by atoms with E-state index in [1.165, 1.54) is 0 Å². The molecular weight excluding hydrogens is 264 g/mol. The highest BCUT2D eigenvalue weighted by Gasteiger charge is 2.09. The molecule has 2 aromatic carbocycles. The molecule has 0 aliphatic heterocycles. The molecule has 0 amide bonds. The molecular formula is C17H16N2O2. The lowest BCUT2D eigenvalue weighted by Crippen LogP contribution is -2.17. The molecule has 4 nitrogen and oxygen atoms in total. The van der Waals surface area contributed by atoms with E-state index in [0.717, 1.165) is 16.8 Å². The number of nitriles is 1. The van der Waals surface area contributed by atoms with Crippen molar-refractivity contribution in [1.29, 1.82) is 5.26 Å². The molecule has 0 bridgehead atoms. The second-order valence-electron chi connectivity index (χ2n) is 4.97. The number of nitrogens with zero attached hydrogens (tertiary/aromatic N) is 2. The van der Waals surface area contributed by atoms with Gasteiger partial charge in [0.25, 0.3) is 0 Å². The number of carboxylic acid groups (broad SMARTS) is 1. The van der Waals surface area contributed by atoms with Crippen molar-refractivity contribution in [2.24, 2.45) is 0 Å². The summed E-state index contributed by atoms with van der Waals surface area (Å²) in [5, 5.41) is 17.9. The van der Waals surface area contributed by atoms with Gasteiger partial charge >= 0.3 is 5.97 Å². The van der Waals surface area contributed by atoms with Crippen LogP contribution in [0.25, 0.3) is 0 Å². The number of hydrogen-bond donors (Lipinski definition) is 1. The summed E-state index contributed by atoms with van der Waals surface area (Å²) in [6, 6.07) is 14.7. The van der Waals surface area contributed by atoms with E-state index in [1.54, 1.807) is 18.2 Å². The summed E-state index contributed by atoms with van der Waals surface area (Å²) in [6.45, 7) is 2.55. The van der Waals surface area contributed by atoms with Crippen LogP contribution in [0, 0.1) is 18.3 Å². The summed E-state index contributed by atoms with van der Waals surface area (Å²) in [7, 11) is 1.95. The fourth-order valence-corrected chi connectivity index (χ4v) is 2.32. The normalized spacial score (nSPS) is 9.95. The summed E-state index contributed by atoms with van der Waals surface area (Å²) in [5.41, 5.74) is 3.85. The predicted molar refractivity (Wildman–Crippen MR) is 81.4 cm³/mol. The predicted octanol–water partition coefficient (Wildman–Crippen LogP) is 3.20. The molecule has 1 N–H and O–H groups in total. The van der Waals surface area contributed by atoms with Gasteiger partial charge in [-0.2, -0.15) is 5.26 Å². The van der Waals surface area contributed by atoms with Crippen LogP contribution in [-0.4, -0.2) is 18.1 Å². The van der Waals surface area contributed by atoms with Gasteiger partial charge in [-0.25, -0.2) is 4.79 Å². The Kier molecular flexibility index (Phi) is 4.24. The maximum absolute atomic E-state index is 11.0. The zero-order chi connectivity index (χ0) is 15.4. The third-order valence-corrected chi connectivity index (χ3v) is 3.33. The van der Waals surface area contributed by atoms with Gasteiger partial charge in [-0.15, -0.1) is 0 Å². The zero-order valence-electron chi connectivity index (χ0n) is 12.0. The van der Waals surface area contributed by atoms with E-state index in [2.05, 4.69) is 6.07 Å². The molecule has 0 unspecified atom stereocenters. The summed E-state index contributed by atoms with van der Waals surface area (Å²) in [5.74, 6) is -0.922. The van der Waals surface area contributed by atoms with Gasteiger partial charge < -0.3 is 10.0 Å². The second kappa shape index (κ2) is 6.10. The zero-order valence-corrected chi connectivity index (χ0v) is 12.0. The Bertz CT molecular complexity index is 717. The van der Waals surface area contributed by atoms with Crippen molar-refractivity contribution in [3.05, 3.63) is 64.7 Å². The van der Waals surface area contributed by atoms with Crippen molar-refractivity contribution in [2.75, 3.05) is 11.9 Å². The monoisotopic (exact) mass is 280 g/mol. The van der Waals surface area contributed by atoms with E-state index in [1.807, 2.05) is 43.1 Å². The molecule has 106 valence electrons. The van der Waals surface area contributed by atoms with E-state index in [-0.39, 0.29) is 5.56 Å². The number of aryl methyl sites for hydroxylation is 1. The minimum absolute atomic E-state index is 0.288. The largest absolute Gasteiger partial charge is 0.478 e. The third-order valence-electron chi connectivity index (χ3n) is 3.33. The molecule has 4 heteroatoms. The van der Waals surface area contributed by atoms with Gasteiger partial charge in [0.2, 0.25) is 0 Å². The van der Waals surface area contributed by atoms with Gasteiger partial charge in [0.05, 0.1) is 17.2 Å². The second-order valence-corrected chi connectivity index (χ2v) is 4.97. The molecule has 0 spiro atoms. The number of anilines is 1. The lowest BCUT2D eigenvalue weighted by Gasteiger charge is -2.22. The first-order chi connectivity index (χ1) is 10.0. The van der Waals surface area contributed by atoms with Gasteiger partial charge in [0, 0.05) is 19.3 Å². The molecule has 0 heterocycles. The average molecular weight is 280 g/mol. The Hall–Kier alpha value is -2.80. The SMILES string of the molecule is Cc1cc(C(=O)O)ccc1N(C)Cc1cccc(C#N)c1. The van der Waals surface area contributed by atoms with Crippen LogP contribution in [-0.2, 0) is 6.54 Å². The highest BCUT2D eigenvalue weighted by atomic mass is 16.4. The molecule has 0 aliphatic carbocycles. The highest BCUT2D eigenvalue weighted by Crippen LogP contribution is 2.22. The van der Waals surface area contributed by atoms with E-state index in [4.69, 9.17) is 10.4 Å². The molecule has 2 aromatic rings. The Morgan fingerprint density at radius 1 is 1.29 bits per heavy atom. The smallest absolute Gasteiger partial charge is 0.335 e. The fourth-order valence-electron chi connectivity index (χ4n) is 2.32. The molecule has 0 atom stereocenters. The quantitative estimate of drug-likeness (QED) is 0.934. The Morgan fingerprint density at radius 2 is 2.05 bits per heavy atom. The number of hydrogen-bond acceptors (Lipinski definition) is 3. The molecule has 0 aromatic heterocycles. The average Bonchev–Trinajstić information content (AvgIpc) is 2.47. The minimum atomic E-state index is -0.922. The lowest BCUT2D eigenvalue weighted by molar-refractivity contribution is 0.0697. The number of rotatable bonds is 4. The molecule has 0 radical (unpaired) electrons. The van der Waals surface area contributed by atoms with Crippen molar-refractivity contribution in [1.82, 2.24) is 0 Å². The van der Waals surface area contributed by atoms with E-state index < -0.39 is 5.97 Å². The van der Waals surface area contributed by atoms with E-state index >= 15 is 0 Å². The van der Waals surface area contributed by atoms with Gasteiger partial charge in [-0.3, -0.25) is 0 Å². The van der Waals surface area contributed by atoms with Crippen LogP contribution >= 0.6 is 0 Å². The summed E-state index contributed by atoms with van der Waals surface area (Å²) >= 11 is 0. The van der Waals surface area contributed by atoms with Gasteiger partial charge in [-0.05, 0) is 48.4 Å². The Labute approximate surface area is 123 Å². The molecule has 0 fully saturated rings. The lowest BCUT2D eigenvalue weighted by atomic mass is 10.1. The molecule has 0 saturated carbocycles. The maximum Gasteiger partial charge on any atom is 0.335 e. The number of carboxylic acids is 1. The topological polar surface area (TPSA) is 64.3 Å².